The molecule has 0 aliphatic carbocycles. The number of rotatable bonds is 6. The molecule has 0 bridgehead atoms. The van der Waals surface area contributed by atoms with Crippen LogP contribution < -0.4 is 14.8 Å². The van der Waals surface area contributed by atoms with Crippen molar-refractivity contribution in [3.63, 3.8) is 0 Å². The third-order valence-electron chi connectivity index (χ3n) is 2.58. The lowest BCUT2D eigenvalue weighted by Gasteiger charge is -2.11. The van der Waals surface area contributed by atoms with Crippen molar-refractivity contribution < 1.29 is 14.3 Å². The quantitative estimate of drug-likeness (QED) is 0.890. The van der Waals surface area contributed by atoms with Crippen molar-refractivity contribution in [1.82, 2.24) is 4.98 Å². The maximum atomic E-state index is 11.7. The normalized spacial score (nSPS) is 10.6. The van der Waals surface area contributed by atoms with E-state index in [4.69, 9.17) is 9.47 Å². The average Bonchev–Trinajstić information content (AvgIpc) is 2.99. The second kappa shape index (κ2) is 7.44. The minimum atomic E-state index is -0.260. The number of nitrogens with zero attached hydrogens (tertiary/aromatic N) is 1. The van der Waals surface area contributed by atoms with Gasteiger partial charge in [0, 0.05) is 11.6 Å². The van der Waals surface area contributed by atoms with Gasteiger partial charge in [0.25, 0.3) is 5.91 Å². The molecule has 0 aliphatic heterocycles. The molecule has 0 fully saturated rings. The fourth-order valence-electron chi connectivity index (χ4n) is 1.68. The van der Waals surface area contributed by atoms with Crippen molar-refractivity contribution in [2.75, 3.05) is 19.0 Å². The molecule has 0 aliphatic rings. The van der Waals surface area contributed by atoms with Crippen LogP contribution in [0.25, 0.3) is 6.08 Å². The van der Waals surface area contributed by atoms with E-state index in [1.54, 1.807) is 24.8 Å². The van der Waals surface area contributed by atoms with Crippen LogP contribution in [0, 0.1) is 0 Å². The first-order valence-corrected chi connectivity index (χ1v) is 7.23. The number of nitrogens with one attached hydrogen (secondary N) is 1. The van der Waals surface area contributed by atoms with Crippen molar-refractivity contribution in [1.29, 1.82) is 0 Å². The molecule has 21 heavy (non-hydrogen) atoms. The molecule has 1 aromatic carbocycles. The highest BCUT2D eigenvalue weighted by molar-refractivity contribution is 7.13. The van der Waals surface area contributed by atoms with Crippen LogP contribution in [0.15, 0.2) is 35.9 Å². The Balaban J connectivity index is 1.97. The Morgan fingerprint density at radius 3 is 2.95 bits per heavy atom. The number of aromatic nitrogens is 1. The minimum absolute atomic E-state index is 0.0983. The van der Waals surface area contributed by atoms with Crippen LogP contribution in [0.1, 0.15) is 12.5 Å². The van der Waals surface area contributed by atoms with Crippen molar-refractivity contribution in [3.05, 3.63) is 41.4 Å². The van der Waals surface area contributed by atoms with Gasteiger partial charge in [0.15, 0.2) is 23.2 Å². The van der Waals surface area contributed by atoms with Crippen LogP contribution in [0.3, 0.4) is 0 Å². The molecular weight excluding hydrogens is 288 g/mol. The lowest BCUT2D eigenvalue weighted by Crippen LogP contribution is -2.20. The first-order chi connectivity index (χ1) is 10.2. The summed E-state index contributed by atoms with van der Waals surface area (Å²) in [5, 5.41) is 5.00. The van der Waals surface area contributed by atoms with E-state index in [1.807, 2.05) is 31.2 Å². The number of anilines is 1. The number of carbonyl (C=O) groups excluding carboxylic acids is 1. The smallest absolute Gasteiger partial charge is 0.264 e. The number of carbonyl (C=O) groups is 1. The molecule has 0 radical (unpaired) electrons. The van der Waals surface area contributed by atoms with E-state index >= 15 is 0 Å². The average molecular weight is 304 g/mol. The number of benzene rings is 1. The molecule has 1 heterocycles. The SMILES string of the molecule is CC=Cc1ccc(OCC(=O)Nc2nccs2)c(OC)c1. The van der Waals surface area contributed by atoms with Gasteiger partial charge in [-0.15, -0.1) is 11.3 Å². The first kappa shape index (κ1) is 15.1. The summed E-state index contributed by atoms with van der Waals surface area (Å²) in [5.74, 6) is 0.859. The molecule has 1 aromatic heterocycles. The summed E-state index contributed by atoms with van der Waals surface area (Å²) in [6.45, 7) is 1.85. The van der Waals surface area contributed by atoms with Gasteiger partial charge in [-0.05, 0) is 24.6 Å². The standard InChI is InChI=1S/C15H16N2O3S/c1-3-4-11-5-6-12(13(9-11)19-2)20-10-14(18)17-15-16-7-8-21-15/h3-9H,10H2,1-2H3,(H,16,17,18). The van der Waals surface area contributed by atoms with Crippen LogP contribution in [-0.4, -0.2) is 24.6 Å². The highest BCUT2D eigenvalue weighted by Gasteiger charge is 2.09. The van der Waals surface area contributed by atoms with Crippen molar-refractivity contribution in [2.45, 2.75) is 6.92 Å². The second-order valence-corrected chi connectivity index (χ2v) is 4.98. The molecule has 0 saturated heterocycles. The number of ether oxygens (including phenoxy) is 2. The number of hydrogen-bond acceptors (Lipinski definition) is 5. The molecule has 1 N–H and O–H groups in total. The summed E-state index contributed by atoms with van der Waals surface area (Å²) in [6.07, 6.45) is 5.53. The van der Waals surface area contributed by atoms with Crippen molar-refractivity contribution in [2.24, 2.45) is 0 Å². The van der Waals surface area contributed by atoms with Gasteiger partial charge in [-0.2, -0.15) is 0 Å². The fourth-order valence-corrected chi connectivity index (χ4v) is 2.23. The molecule has 0 unspecified atom stereocenters. The molecule has 110 valence electrons. The highest BCUT2D eigenvalue weighted by Crippen LogP contribution is 2.28. The summed E-state index contributed by atoms with van der Waals surface area (Å²) >= 11 is 1.36. The molecule has 2 aromatic rings. The van der Waals surface area contributed by atoms with Gasteiger partial charge in [0.05, 0.1) is 7.11 Å². The second-order valence-electron chi connectivity index (χ2n) is 4.08. The molecular formula is C15H16N2O3S. The fraction of sp³-hybridized carbons (Fsp3) is 0.200. The third kappa shape index (κ3) is 4.32. The summed E-state index contributed by atoms with van der Waals surface area (Å²) in [6, 6.07) is 5.54. The van der Waals surface area contributed by atoms with Gasteiger partial charge < -0.3 is 9.47 Å². The van der Waals surface area contributed by atoms with E-state index in [0.717, 1.165) is 5.56 Å². The number of thiazole rings is 1. The van der Waals surface area contributed by atoms with Gasteiger partial charge in [-0.25, -0.2) is 4.98 Å². The monoisotopic (exact) mass is 304 g/mol. The maximum absolute atomic E-state index is 11.7. The molecule has 0 spiro atoms. The molecule has 1 amide bonds. The summed E-state index contributed by atoms with van der Waals surface area (Å²) in [5.41, 5.74) is 1.01. The topological polar surface area (TPSA) is 60.5 Å². The molecule has 2 rings (SSSR count). The minimum Gasteiger partial charge on any atom is -0.493 e. The van der Waals surface area contributed by atoms with E-state index in [1.165, 1.54) is 11.3 Å². The molecule has 6 heteroatoms. The predicted octanol–water partition coefficient (Wildman–Crippen LogP) is 3.20. The predicted molar refractivity (Wildman–Crippen MR) is 83.9 cm³/mol. The summed E-state index contributed by atoms with van der Waals surface area (Å²) in [4.78, 5) is 15.7. The lowest BCUT2D eigenvalue weighted by molar-refractivity contribution is -0.118. The van der Waals surface area contributed by atoms with E-state index < -0.39 is 0 Å². The van der Waals surface area contributed by atoms with Crippen LogP contribution in [0.4, 0.5) is 5.13 Å². The Morgan fingerprint density at radius 2 is 2.29 bits per heavy atom. The van der Waals surface area contributed by atoms with E-state index in [-0.39, 0.29) is 12.5 Å². The number of hydrogen-bond donors (Lipinski definition) is 1. The number of allylic oxidation sites excluding steroid dienone is 1. The zero-order valence-corrected chi connectivity index (χ0v) is 12.6. The third-order valence-corrected chi connectivity index (χ3v) is 3.27. The van der Waals surface area contributed by atoms with E-state index in [0.29, 0.717) is 16.6 Å². The Morgan fingerprint density at radius 1 is 1.43 bits per heavy atom. The van der Waals surface area contributed by atoms with Gasteiger partial charge in [-0.1, -0.05) is 18.2 Å². The summed E-state index contributed by atoms with van der Waals surface area (Å²) in [7, 11) is 1.57. The van der Waals surface area contributed by atoms with Crippen molar-refractivity contribution >= 4 is 28.5 Å². The Labute approximate surface area is 127 Å². The maximum Gasteiger partial charge on any atom is 0.264 e. The number of methoxy groups -OCH3 is 1. The van der Waals surface area contributed by atoms with Crippen LogP contribution in [0.2, 0.25) is 0 Å². The van der Waals surface area contributed by atoms with Gasteiger partial charge in [0.1, 0.15) is 0 Å². The molecule has 0 atom stereocenters. The van der Waals surface area contributed by atoms with E-state index in [9.17, 15) is 4.79 Å². The van der Waals surface area contributed by atoms with Crippen molar-refractivity contribution in [3.8, 4) is 11.5 Å². The van der Waals surface area contributed by atoms with Crippen LogP contribution in [0.5, 0.6) is 11.5 Å². The largest absolute Gasteiger partial charge is 0.493 e. The Bertz CT molecular complexity index is 624. The zero-order chi connectivity index (χ0) is 15.1. The Hall–Kier alpha value is -2.34. The van der Waals surface area contributed by atoms with Crippen LogP contribution in [-0.2, 0) is 4.79 Å². The van der Waals surface area contributed by atoms with Gasteiger partial charge in [-0.3, -0.25) is 10.1 Å². The van der Waals surface area contributed by atoms with E-state index in [2.05, 4.69) is 10.3 Å². The van der Waals surface area contributed by atoms with Crippen LogP contribution >= 0.6 is 11.3 Å². The highest BCUT2D eigenvalue weighted by atomic mass is 32.1. The van der Waals surface area contributed by atoms with Gasteiger partial charge >= 0.3 is 0 Å². The van der Waals surface area contributed by atoms with Gasteiger partial charge in [0.2, 0.25) is 0 Å². The molecule has 5 nitrogen and oxygen atoms in total. The summed E-state index contributed by atoms with van der Waals surface area (Å²) < 4.78 is 10.8. The number of amides is 1. The Kier molecular flexibility index (Phi) is 5.34. The lowest BCUT2D eigenvalue weighted by atomic mass is 10.2. The molecule has 0 saturated carbocycles. The zero-order valence-electron chi connectivity index (χ0n) is 11.8. The first-order valence-electron chi connectivity index (χ1n) is 6.36.